The van der Waals surface area contributed by atoms with Crippen molar-refractivity contribution in [3.05, 3.63) is 11.9 Å². The number of aromatic nitrogens is 2. The summed E-state index contributed by atoms with van der Waals surface area (Å²) in [4.78, 5) is 11.4. The molecule has 1 saturated heterocycles. The van der Waals surface area contributed by atoms with E-state index in [1.54, 1.807) is 0 Å². The van der Waals surface area contributed by atoms with Crippen LogP contribution in [0.15, 0.2) is 6.07 Å². The third-order valence-corrected chi connectivity index (χ3v) is 3.41. The first-order chi connectivity index (χ1) is 9.24. The molecule has 0 aliphatic carbocycles. The number of rotatable bonds is 6. The molecule has 1 aromatic heterocycles. The van der Waals surface area contributed by atoms with Crippen molar-refractivity contribution < 1.29 is 4.74 Å². The van der Waals surface area contributed by atoms with Crippen molar-refractivity contribution >= 4 is 11.6 Å². The number of likely N-dealkylation sites (N-methyl/N-ethyl adjacent to an activating group) is 1. The number of hydrogen-bond acceptors (Lipinski definition) is 5. The summed E-state index contributed by atoms with van der Waals surface area (Å²) < 4.78 is 5.45. The Kier molecular flexibility index (Phi) is 4.96. The lowest BCUT2D eigenvalue weighted by atomic mass is 10.2. The van der Waals surface area contributed by atoms with Gasteiger partial charge in [0.25, 0.3) is 0 Å². The minimum Gasteiger partial charge on any atom is -0.379 e. The van der Waals surface area contributed by atoms with Gasteiger partial charge in [-0.1, -0.05) is 6.92 Å². The number of aryl methyl sites for hydroxylation is 1. The van der Waals surface area contributed by atoms with Gasteiger partial charge in [-0.2, -0.15) is 0 Å². The van der Waals surface area contributed by atoms with Crippen LogP contribution >= 0.6 is 0 Å². The predicted molar refractivity (Wildman–Crippen MR) is 77.8 cm³/mol. The first-order valence-corrected chi connectivity index (χ1v) is 7.17. The number of hydrogen-bond donors (Lipinski definition) is 1. The zero-order valence-corrected chi connectivity index (χ0v) is 12.1. The molecule has 2 rings (SSSR count). The van der Waals surface area contributed by atoms with E-state index in [4.69, 9.17) is 4.74 Å². The fourth-order valence-corrected chi connectivity index (χ4v) is 2.29. The Hall–Kier alpha value is -1.36. The standard InChI is InChI=1S/C14H24N4O/c1-4-6-12-16-13(15-5-2)9-14(17-12)18(3)11-7-8-19-10-11/h9,11H,4-8,10H2,1-3H3,(H,15,16,17). The summed E-state index contributed by atoms with van der Waals surface area (Å²) in [6, 6.07) is 2.46. The lowest BCUT2D eigenvalue weighted by Crippen LogP contribution is -2.32. The summed E-state index contributed by atoms with van der Waals surface area (Å²) in [7, 11) is 2.09. The average molecular weight is 264 g/mol. The third kappa shape index (κ3) is 3.56. The van der Waals surface area contributed by atoms with Gasteiger partial charge < -0.3 is 15.0 Å². The van der Waals surface area contributed by atoms with E-state index >= 15 is 0 Å². The molecule has 1 fully saturated rings. The van der Waals surface area contributed by atoms with Crippen LogP contribution in [0.25, 0.3) is 0 Å². The van der Waals surface area contributed by atoms with Gasteiger partial charge in [-0.05, 0) is 19.8 Å². The maximum Gasteiger partial charge on any atom is 0.134 e. The highest BCUT2D eigenvalue weighted by Gasteiger charge is 2.22. The molecule has 0 radical (unpaired) electrons. The molecule has 0 saturated carbocycles. The van der Waals surface area contributed by atoms with E-state index in [-0.39, 0.29) is 0 Å². The first-order valence-electron chi connectivity index (χ1n) is 7.17. The summed E-state index contributed by atoms with van der Waals surface area (Å²) >= 11 is 0. The number of anilines is 2. The van der Waals surface area contributed by atoms with Crippen molar-refractivity contribution in [3.63, 3.8) is 0 Å². The van der Waals surface area contributed by atoms with Crippen LogP contribution in [0.2, 0.25) is 0 Å². The molecule has 0 aromatic carbocycles. The van der Waals surface area contributed by atoms with Crippen molar-refractivity contribution in [1.82, 2.24) is 9.97 Å². The molecule has 1 unspecified atom stereocenters. The minimum atomic E-state index is 0.429. The summed E-state index contributed by atoms with van der Waals surface area (Å²) in [6.45, 7) is 6.74. The van der Waals surface area contributed by atoms with Crippen LogP contribution in [-0.2, 0) is 11.2 Å². The molecule has 1 aliphatic heterocycles. The average Bonchev–Trinajstić information content (AvgIpc) is 2.92. The topological polar surface area (TPSA) is 50.3 Å². The molecule has 0 spiro atoms. The zero-order chi connectivity index (χ0) is 13.7. The summed E-state index contributed by atoms with van der Waals surface area (Å²) in [5, 5.41) is 3.28. The molecule has 0 amide bonds. The van der Waals surface area contributed by atoms with Gasteiger partial charge in [-0.25, -0.2) is 9.97 Å². The van der Waals surface area contributed by atoms with E-state index in [2.05, 4.69) is 41.1 Å². The van der Waals surface area contributed by atoms with Crippen LogP contribution in [0.1, 0.15) is 32.5 Å². The van der Waals surface area contributed by atoms with Crippen LogP contribution < -0.4 is 10.2 Å². The van der Waals surface area contributed by atoms with Crippen molar-refractivity contribution in [1.29, 1.82) is 0 Å². The van der Waals surface area contributed by atoms with Crippen LogP contribution in [0.5, 0.6) is 0 Å². The zero-order valence-electron chi connectivity index (χ0n) is 12.1. The molecule has 2 heterocycles. The number of ether oxygens (including phenoxy) is 1. The third-order valence-electron chi connectivity index (χ3n) is 3.41. The Balaban J connectivity index is 2.21. The fraction of sp³-hybridized carbons (Fsp3) is 0.714. The van der Waals surface area contributed by atoms with Gasteiger partial charge in [0.2, 0.25) is 0 Å². The van der Waals surface area contributed by atoms with Crippen LogP contribution in [0, 0.1) is 0 Å². The summed E-state index contributed by atoms with van der Waals surface area (Å²) in [5.41, 5.74) is 0. The van der Waals surface area contributed by atoms with E-state index in [0.29, 0.717) is 6.04 Å². The predicted octanol–water partition coefficient (Wildman–Crippen LogP) is 2.09. The lowest BCUT2D eigenvalue weighted by molar-refractivity contribution is 0.193. The van der Waals surface area contributed by atoms with Gasteiger partial charge in [0, 0.05) is 32.7 Å². The molecule has 19 heavy (non-hydrogen) atoms. The van der Waals surface area contributed by atoms with E-state index in [1.165, 1.54) is 0 Å². The minimum absolute atomic E-state index is 0.429. The molecular formula is C14H24N4O. The lowest BCUT2D eigenvalue weighted by Gasteiger charge is -2.25. The number of nitrogens with zero attached hydrogens (tertiary/aromatic N) is 3. The normalized spacial score (nSPS) is 18.6. The molecule has 0 bridgehead atoms. The van der Waals surface area contributed by atoms with Gasteiger partial charge in [-0.15, -0.1) is 0 Å². The highest BCUT2D eigenvalue weighted by Crippen LogP contribution is 2.21. The van der Waals surface area contributed by atoms with Gasteiger partial charge in [-0.3, -0.25) is 0 Å². The highest BCUT2D eigenvalue weighted by molar-refractivity contribution is 5.49. The monoisotopic (exact) mass is 264 g/mol. The highest BCUT2D eigenvalue weighted by atomic mass is 16.5. The molecule has 1 aromatic rings. The molecular weight excluding hydrogens is 240 g/mol. The molecule has 5 heteroatoms. The van der Waals surface area contributed by atoms with E-state index in [0.717, 1.165) is 56.5 Å². The van der Waals surface area contributed by atoms with E-state index in [1.807, 2.05) is 6.07 Å². The summed E-state index contributed by atoms with van der Waals surface area (Å²) in [6.07, 6.45) is 3.05. The van der Waals surface area contributed by atoms with Crippen molar-refractivity contribution in [2.24, 2.45) is 0 Å². The maximum atomic E-state index is 5.45. The van der Waals surface area contributed by atoms with Crippen molar-refractivity contribution in [3.8, 4) is 0 Å². The van der Waals surface area contributed by atoms with Gasteiger partial charge >= 0.3 is 0 Å². The van der Waals surface area contributed by atoms with E-state index in [9.17, 15) is 0 Å². The van der Waals surface area contributed by atoms with Crippen LogP contribution in [0.4, 0.5) is 11.6 Å². The van der Waals surface area contributed by atoms with Crippen LogP contribution in [0.3, 0.4) is 0 Å². The number of nitrogens with one attached hydrogen (secondary N) is 1. The molecule has 5 nitrogen and oxygen atoms in total. The largest absolute Gasteiger partial charge is 0.379 e. The Morgan fingerprint density at radius 1 is 1.42 bits per heavy atom. The second-order valence-corrected chi connectivity index (χ2v) is 4.94. The Morgan fingerprint density at radius 3 is 2.89 bits per heavy atom. The van der Waals surface area contributed by atoms with Gasteiger partial charge in [0.1, 0.15) is 17.5 Å². The first kappa shape index (κ1) is 14.1. The van der Waals surface area contributed by atoms with Crippen molar-refractivity contribution in [2.45, 2.75) is 39.2 Å². The second-order valence-electron chi connectivity index (χ2n) is 4.94. The Morgan fingerprint density at radius 2 is 2.26 bits per heavy atom. The molecule has 106 valence electrons. The quantitative estimate of drug-likeness (QED) is 0.852. The molecule has 1 atom stereocenters. The molecule has 1 N–H and O–H groups in total. The van der Waals surface area contributed by atoms with Crippen molar-refractivity contribution in [2.75, 3.05) is 37.0 Å². The maximum absolute atomic E-state index is 5.45. The Bertz CT molecular complexity index is 380. The SMILES string of the molecule is CCCc1nc(NCC)cc(N(C)C2CCOC2)n1. The van der Waals surface area contributed by atoms with E-state index < -0.39 is 0 Å². The fourth-order valence-electron chi connectivity index (χ4n) is 2.29. The molecule has 1 aliphatic rings. The second kappa shape index (κ2) is 6.70. The smallest absolute Gasteiger partial charge is 0.134 e. The van der Waals surface area contributed by atoms with Crippen LogP contribution in [-0.4, -0.2) is 42.8 Å². The van der Waals surface area contributed by atoms with Gasteiger partial charge in [0.15, 0.2) is 0 Å². The Labute approximate surface area is 115 Å². The summed E-state index contributed by atoms with van der Waals surface area (Å²) in [5.74, 6) is 2.83. The van der Waals surface area contributed by atoms with Gasteiger partial charge in [0.05, 0.1) is 12.6 Å².